The van der Waals surface area contributed by atoms with Gasteiger partial charge in [0.05, 0.1) is 13.2 Å². The van der Waals surface area contributed by atoms with Crippen LogP contribution in [0.25, 0.3) is 0 Å². The molecule has 0 bridgehead atoms. The topological polar surface area (TPSA) is 50.8 Å². The third-order valence-electron chi connectivity index (χ3n) is 5.34. The van der Waals surface area contributed by atoms with Gasteiger partial charge < -0.3 is 19.7 Å². The molecule has 2 aliphatic rings. The van der Waals surface area contributed by atoms with E-state index < -0.39 is 0 Å². The maximum atomic E-state index is 12.2. The number of nitrogens with one attached hydrogen (secondary N) is 1. The number of aryl methyl sites for hydroxylation is 1. The number of anilines is 2. The summed E-state index contributed by atoms with van der Waals surface area (Å²) in [5.74, 6) is -0.301. The summed E-state index contributed by atoms with van der Waals surface area (Å²) in [6.45, 7) is 3.25. The Labute approximate surface area is 160 Å². The molecule has 4 rings (SSSR count). The number of amides is 1. The molecule has 1 amide bonds. The number of hydrogen-bond acceptors (Lipinski definition) is 4. The standard InChI is InChI=1S/C22H26N2O3/c25-21(11-6-18-4-2-1-3-5-18)23-19-7-9-20(10-8-19)24-14-12-22(13-15-24)26-16-17-27-22/h1-5,7-10H,6,11-17H2,(H,23,25). The van der Waals surface area contributed by atoms with E-state index in [-0.39, 0.29) is 11.7 Å². The minimum atomic E-state index is -0.344. The Morgan fingerprint density at radius 2 is 1.63 bits per heavy atom. The Hall–Kier alpha value is -2.37. The van der Waals surface area contributed by atoms with Gasteiger partial charge in [0.1, 0.15) is 0 Å². The van der Waals surface area contributed by atoms with Crippen LogP contribution in [0.2, 0.25) is 0 Å². The minimum absolute atomic E-state index is 0.0436. The SMILES string of the molecule is O=C(CCc1ccccc1)Nc1ccc(N2CCC3(CC2)OCCO3)cc1. The van der Waals surface area contributed by atoms with E-state index in [9.17, 15) is 4.79 Å². The maximum absolute atomic E-state index is 12.2. The monoisotopic (exact) mass is 366 g/mol. The molecule has 0 aromatic heterocycles. The Morgan fingerprint density at radius 3 is 2.30 bits per heavy atom. The summed E-state index contributed by atoms with van der Waals surface area (Å²) < 4.78 is 11.6. The van der Waals surface area contributed by atoms with E-state index in [1.165, 1.54) is 11.3 Å². The van der Waals surface area contributed by atoms with Crippen LogP contribution in [0.4, 0.5) is 11.4 Å². The zero-order chi connectivity index (χ0) is 18.5. The average molecular weight is 366 g/mol. The molecule has 0 atom stereocenters. The Balaban J connectivity index is 1.27. The molecule has 2 heterocycles. The van der Waals surface area contributed by atoms with Crippen molar-refractivity contribution in [2.45, 2.75) is 31.5 Å². The zero-order valence-electron chi connectivity index (χ0n) is 15.5. The first-order valence-corrected chi connectivity index (χ1v) is 9.69. The van der Waals surface area contributed by atoms with Crippen molar-refractivity contribution >= 4 is 17.3 Å². The number of carbonyl (C=O) groups is 1. The van der Waals surface area contributed by atoms with Gasteiger partial charge in [-0.05, 0) is 36.2 Å². The second kappa shape index (κ2) is 8.11. The lowest BCUT2D eigenvalue weighted by molar-refractivity contribution is -0.169. The molecule has 0 saturated carbocycles. The van der Waals surface area contributed by atoms with Gasteiger partial charge in [-0.15, -0.1) is 0 Å². The predicted molar refractivity (Wildman–Crippen MR) is 106 cm³/mol. The number of ether oxygens (including phenoxy) is 2. The number of nitrogens with zero attached hydrogens (tertiary/aromatic N) is 1. The van der Waals surface area contributed by atoms with Gasteiger partial charge in [0, 0.05) is 43.7 Å². The fraction of sp³-hybridized carbons (Fsp3) is 0.409. The lowest BCUT2D eigenvalue weighted by Gasteiger charge is -2.38. The number of carbonyl (C=O) groups excluding carboxylic acids is 1. The van der Waals surface area contributed by atoms with Crippen LogP contribution < -0.4 is 10.2 Å². The van der Waals surface area contributed by atoms with E-state index in [2.05, 4.69) is 22.3 Å². The van der Waals surface area contributed by atoms with Crippen molar-refractivity contribution in [2.24, 2.45) is 0 Å². The highest BCUT2D eigenvalue weighted by Crippen LogP contribution is 2.33. The number of hydrogen-bond donors (Lipinski definition) is 1. The Morgan fingerprint density at radius 1 is 0.963 bits per heavy atom. The molecular weight excluding hydrogens is 340 g/mol. The van der Waals surface area contributed by atoms with E-state index in [0.717, 1.165) is 38.0 Å². The van der Waals surface area contributed by atoms with Crippen LogP contribution in [0, 0.1) is 0 Å². The molecular formula is C22H26N2O3. The van der Waals surface area contributed by atoms with Crippen LogP contribution in [0.5, 0.6) is 0 Å². The molecule has 2 aromatic carbocycles. The molecule has 2 aromatic rings. The third-order valence-corrected chi connectivity index (χ3v) is 5.34. The second-order valence-electron chi connectivity index (χ2n) is 7.18. The highest BCUT2D eigenvalue weighted by molar-refractivity contribution is 5.91. The predicted octanol–water partition coefficient (Wildman–Crippen LogP) is 3.60. The van der Waals surface area contributed by atoms with Gasteiger partial charge in [-0.25, -0.2) is 0 Å². The van der Waals surface area contributed by atoms with E-state index >= 15 is 0 Å². The summed E-state index contributed by atoms with van der Waals surface area (Å²) in [5, 5.41) is 2.98. The van der Waals surface area contributed by atoms with Crippen molar-refractivity contribution in [1.29, 1.82) is 0 Å². The number of piperidine rings is 1. The van der Waals surface area contributed by atoms with Crippen molar-refractivity contribution in [3.05, 3.63) is 60.2 Å². The maximum Gasteiger partial charge on any atom is 0.224 e. The van der Waals surface area contributed by atoms with Crippen LogP contribution in [0.1, 0.15) is 24.8 Å². The molecule has 0 unspecified atom stereocenters. The van der Waals surface area contributed by atoms with E-state index in [0.29, 0.717) is 19.6 Å². The first-order valence-electron chi connectivity index (χ1n) is 9.69. The molecule has 142 valence electrons. The van der Waals surface area contributed by atoms with E-state index in [4.69, 9.17) is 9.47 Å². The van der Waals surface area contributed by atoms with Gasteiger partial charge in [-0.2, -0.15) is 0 Å². The molecule has 2 fully saturated rings. The van der Waals surface area contributed by atoms with Crippen LogP contribution >= 0.6 is 0 Å². The van der Waals surface area contributed by atoms with Crippen molar-refractivity contribution < 1.29 is 14.3 Å². The van der Waals surface area contributed by atoms with E-state index in [1.807, 2.05) is 42.5 Å². The molecule has 0 radical (unpaired) electrons. The van der Waals surface area contributed by atoms with Crippen molar-refractivity contribution in [3.63, 3.8) is 0 Å². The fourth-order valence-corrected chi connectivity index (χ4v) is 3.77. The summed E-state index contributed by atoms with van der Waals surface area (Å²) >= 11 is 0. The summed E-state index contributed by atoms with van der Waals surface area (Å²) in [7, 11) is 0. The van der Waals surface area contributed by atoms with Crippen molar-refractivity contribution in [2.75, 3.05) is 36.5 Å². The smallest absolute Gasteiger partial charge is 0.224 e. The molecule has 27 heavy (non-hydrogen) atoms. The molecule has 2 aliphatic heterocycles. The van der Waals surface area contributed by atoms with E-state index in [1.54, 1.807) is 0 Å². The highest BCUT2D eigenvalue weighted by Gasteiger charge is 2.39. The molecule has 0 aliphatic carbocycles. The zero-order valence-corrected chi connectivity index (χ0v) is 15.5. The van der Waals surface area contributed by atoms with Crippen molar-refractivity contribution in [3.8, 4) is 0 Å². The number of rotatable bonds is 5. The molecule has 2 saturated heterocycles. The molecule has 1 N–H and O–H groups in total. The average Bonchev–Trinajstić information content (AvgIpc) is 3.16. The summed E-state index contributed by atoms with van der Waals surface area (Å²) in [6.07, 6.45) is 3.03. The van der Waals surface area contributed by atoms with Gasteiger partial charge in [0.15, 0.2) is 5.79 Å². The lowest BCUT2D eigenvalue weighted by atomic mass is 10.0. The molecule has 5 heteroatoms. The first kappa shape index (κ1) is 18.0. The van der Waals surface area contributed by atoms with Crippen LogP contribution in [-0.4, -0.2) is 38.0 Å². The summed E-state index contributed by atoms with van der Waals surface area (Å²) in [6, 6.07) is 18.2. The third kappa shape index (κ3) is 4.49. The van der Waals surface area contributed by atoms with Crippen LogP contribution in [0.3, 0.4) is 0 Å². The second-order valence-corrected chi connectivity index (χ2v) is 7.18. The molecule has 1 spiro atoms. The Kier molecular flexibility index (Phi) is 5.41. The van der Waals surface area contributed by atoms with Crippen molar-refractivity contribution in [1.82, 2.24) is 0 Å². The van der Waals surface area contributed by atoms with Gasteiger partial charge in [-0.3, -0.25) is 4.79 Å². The van der Waals surface area contributed by atoms with Gasteiger partial charge in [-0.1, -0.05) is 30.3 Å². The first-order chi connectivity index (χ1) is 13.2. The van der Waals surface area contributed by atoms with Crippen LogP contribution in [-0.2, 0) is 20.7 Å². The largest absolute Gasteiger partial charge is 0.371 e. The summed E-state index contributed by atoms with van der Waals surface area (Å²) in [5.41, 5.74) is 3.19. The summed E-state index contributed by atoms with van der Waals surface area (Å²) in [4.78, 5) is 14.5. The fourth-order valence-electron chi connectivity index (χ4n) is 3.77. The lowest BCUT2D eigenvalue weighted by Crippen LogP contribution is -2.45. The van der Waals surface area contributed by atoms with Gasteiger partial charge in [0.2, 0.25) is 5.91 Å². The minimum Gasteiger partial charge on any atom is -0.371 e. The molecule has 5 nitrogen and oxygen atoms in total. The Bertz CT molecular complexity index is 745. The number of benzene rings is 2. The normalized spacial score (nSPS) is 18.6. The van der Waals surface area contributed by atoms with Crippen LogP contribution in [0.15, 0.2) is 54.6 Å². The highest BCUT2D eigenvalue weighted by atomic mass is 16.7. The quantitative estimate of drug-likeness (QED) is 0.878. The van der Waals surface area contributed by atoms with Gasteiger partial charge in [0.25, 0.3) is 0 Å². The van der Waals surface area contributed by atoms with Gasteiger partial charge >= 0.3 is 0 Å².